The number of benzene rings is 1. The Morgan fingerprint density at radius 3 is 2.43 bits per heavy atom. The van der Waals surface area contributed by atoms with Gasteiger partial charge in [0, 0.05) is 31.3 Å². The minimum Gasteiger partial charge on any atom is -0.368 e. The van der Waals surface area contributed by atoms with Crippen molar-refractivity contribution in [1.82, 2.24) is 4.90 Å². The first kappa shape index (κ1) is 16.0. The highest BCUT2D eigenvalue weighted by Crippen LogP contribution is 2.22. The van der Waals surface area contributed by atoms with Gasteiger partial charge in [-0.15, -0.1) is 0 Å². The Morgan fingerprint density at radius 1 is 1.13 bits per heavy atom. The van der Waals surface area contributed by atoms with Crippen molar-refractivity contribution in [2.45, 2.75) is 38.7 Å². The number of nitrogens with zero attached hydrogens (tertiary/aromatic N) is 1. The van der Waals surface area contributed by atoms with Gasteiger partial charge in [-0.05, 0) is 44.7 Å². The first-order chi connectivity index (χ1) is 11.1. The zero-order chi connectivity index (χ0) is 16.2. The molecule has 0 bridgehead atoms. The molecule has 1 atom stereocenters. The van der Waals surface area contributed by atoms with Gasteiger partial charge in [0.2, 0.25) is 5.91 Å². The van der Waals surface area contributed by atoms with Crippen LogP contribution in [0.1, 0.15) is 31.2 Å². The van der Waals surface area contributed by atoms with Crippen LogP contribution in [-0.4, -0.2) is 42.5 Å². The van der Waals surface area contributed by atoms with Gasteiger partial charge in [-0.1, -0.05) is 17.7 Å². The van der Waals surface area contributed by atoms with E-state index in [0.29, 0.717) is 19.7 Å². The number of likely N-dealkylation sites (tertiary alicyclic amines) is 1. The second-order valence-electron chi connectivity index (χ2n) is 6.46. The molecule has 2 amide bonds. The van der Waals surface area contributed by atoms with E-state index in [4.69, 9.17) is 4.74 Å². The smallest absolute Gasteiger partial charge is 0.251 e. The van der Waals surface area contributed by atoms with Gasteiger partial charge in [-0.2, -0.15) is 0 Å². The third-order valence-electron chi connectivity index (χ3n) is 4.70. The zero-order valence-corrected chi connectivity index (χ0v) is 13.6. The molecule has 2 aliphatic rings. The average molecular weight is 316 g/mol. The van der Waals surface area contributed by atoms with E-state index in [9.17, 15) is 9.59 Å². The van der Waals surface area contributed by atoms with Crippen molar-refractivity contribution in [3.8, 4) is 0 Å². The Labute approximate surface area is 137 Å². The van der Waals surface area contributed by atoms with Crippen LogP contribution < -0.4 is 5.32 Å². The van der Waals surface area contributed by atoms with Crippen LogP contribution in [0, 0.1) is 12.8 Å². The molecule has 0 spiro atoms. The van der Waals surface area contributed by atoms with Gasteiger partial charge >= 0.3 is 0 Å². The molecule has 1 aromatic rings. The van der Waals surface area contributed by atoms with Crippen LogP contribution in [0.25, 0.3) is 0 Å². The van der Waals surface area contributed by atoms with Crippen LogP contribution in [0.5, 0.6) is 0 Å². The number of rotatable bonds is 3. The topological polar surface area (TPSA) is 58.6 Å². The van der Waals surface area contributed by atoms with Crippen molar-refractivity contribution >= 4 is 17.5 Å². The molecular weight excluding hydrogens is 292 g/mol. The van der Waals surface area contributed by atoms with Gasteiger partial charge in [0.1, 0.15) is 6.10 Å². The predicted octanol–water partition coefficient (Wildman–Crippen LogP) is 2.35. The predicted molar refractivity (Wildman–Crippen MR) is 88.1 cm³/mol. The minimum atomic E-state index is -0.257. The summed E-state index contributed by atoms with van der Waals surface area (Å²) in [6.45, 7) is 3.99. The number of nitrogens with one attached hydrogen (secondary N) is 1. The Bertz CT molecular complexity index is 556. The summed E-state index contributed by atoms with van der Waals surface area (Å²) >= 11 is 0. The highest BCUT2D eigenvalue weighted by atomic mass is 16.5. The highest BCUT2D eigenvalue weighted by molar-refractivity contribution is 5.92. The Hall–Kier alpha value is -1.88. The van der Waals surface area contributed by atoms with Gasteiger partial charge in [-0.25, -0.2) is 0 Å². The van der Waals surface area contributed by atoms with E-state index < -0.39 is 0 Å². The van der Waals surface area contributed by atoms with E-state index >= 15 is 0 Å². The van der Waals surface area contributed by atoms with Gasteiger partial charge < -0.3 is 15.0 Å². The van der Waals surface area contributed by atoms with Gasteiger partial charge in [0.05, 0.1) is 0 Å². The summed E-state index contributed by atoms with van der Waals surface area (Å²) in [5, 5.41) is 2.97. The summed E-state index contributed by atoms with van der Waals surface area (Å²) in [6.07, 6.45) is 2.97. The molecule has 1 aromatic carbocycles. The lowest BCUT2D eigenvalue weighted by Crippen LogP contribution is -2.45. The number of amides is 2. The molecule has 1 N–H and O–H groups in total. The number of ether oxygens (including phenoxy) is 1. The molecule has 5 nitrogen and oxygen atoms in total. The molecule has 5 heteroatoms. The van der Waals surface area contributed by atoms with E-state index in [1.165, 1.54) is 5.56 Å². The average Bonchev–Trinajstić information content (AvgIpc) is 3.11. The quantitative estimate of drug-likeness (QED) is 0.931. The molecular formula is C18H24N2O3. The number of aryl methyl sites for hydroxylation is 1. The molecule has 2 fully saturated rings. The van der Waals surface area contributed by atoms with Crippen molar-refractivity contribution in [1.29, 1.82) is 0 Å². The van der Waals surface area contributed by atoms with Crippen LogP contribution in [0.2, 0.25) is 0 Å². The molecule has 2 heterocycles. The molecule has 124 valence electrons. The summed E-state index contributed by atoms with van der Waals surface area (Å²) in [7, 11) is 0. The van der Waals surface area contributed by atoms with Gasteiger partial charge in [0.25, 0.3) is 5.91 Å². The molecule has 23 heavy (non-hydrogen) atoms. The number of hydrogen-bond acceptors (Lipinski definition) is 3. The lowest BCUT2D eigenvalue weighted by atomic mass is 9.95. The summed E-state index contributed by atoms with van der Waals surface area (Å²) in [6, 6.07) is 7.81. The molecule has 3 rings (SSSR count). The number of anilines is 1. The lowest BCUT2D eigenvalue weighted by Gasteiger charge is -2.32. The standard InChI is InChI=1S/C18H24N2O3/c1-13-4-6-15(7-5-13)19-17(21)14-8-10-20(11-9-14)18(22)16-3-2-12-23-16/h4-7,14,16H,2-3,8-12H2,1H3,(H,19,21). The summed E-state index contributed by atoms with van der Waals surface area (Å²) in [4.78, 5) is 26.5. The fourth-order valence-electron chi connectivity index (χ4n) is 3.22. The summed E-state index contributed by atoms with van der Waals surface area (Å²) in [5.41, 5.74) is 2.00. The first-order valence-corrected chi connectivity index (χ1v) is 8.41. The van der Waals surface area contributed by atoms with Crippen LogP contribution >= 0.6 is 0 Å². The zero-order valence-electron chi connectivity index (χ0n) is 13.6. The summed E-state index contributed by atoms with van der Waals surface area (Å²) < 4.78 is 5.46. The van der Waals surface area contributed by atoms with Crippen molar-refractivity contribution in [2.75, 3.05) is 25.0 Å². The van der Waals surface area contributed by atoms with Crippen LogP contribution in [0.3, 0.4) is 0 Å². The fraction of sp³-hybridized carbons (Fsp3) is 0.556. The second kappa shape index (κ2) is 7.13. The van der Waals surface area contributed by atoms with Crippen LogP contribution in [-0.2, 0) is 14.3 Å². The molecule has 1 unspecified atom stereocenters. The van der Waals surface area contributed by atoms with E-state index in [1.807, 2.05) is 36.1 Å². The SMILES string of the molecule is Cc1ccc(NC(=O)C2CCN(C(=O)C3CCCO3)CC2)cc1. The molecule has 0 aromatic heterocycles. The van der Waals surface area contributed by atoms with E-state index in [1.54, 1.807) is 0 Å². The maximum atomic E-state index is 12.3. The molecule has 2 aliphatic heterocycles. The normalized spacial score (nSPS) is 22.1. The molecule has 0 radical (unpaired) electrons. The third-order valence-corrected chi connectivity index (χ3v) is 4.70. The largest absolute Gasteiger partial charge is 0.368 e. The number of carbonyl (C=O) groups excluding carboxylic acids is 2. The molecule has 2 saturated heterocycles. The second-order valence-corrected chi connectivity index (χ2v) is 6.46. The number of hydrogen-bond donors (Lipinski definition) is 1. The number of piperidine rings is 1. The van der Waals surface area contributed by atoms with E-state index in [-0.39, 0.29) is 23.8 Å². The lowest BCUT2D eigenvalue weighted by molar-refractivity contribution is -0.143. The minimum absolute atomic E-state index is 0.0233. The molecule has 0 saturated carbocycles. The van der Waals surface area contributed by atoms with Gasteiger partial charge in [-0.3, -0.25) is 9.59 Å². The Morgan fingerprint density at radius 2 is 1.83 bits per heavy atom. The van der Waals surface area contributed by atoms with Gasteiger partial charge in [0.15, 0.2) is 0 Å². The third kappa shape index (κ3) is 3.91. The Balaban J connectivity index is 1.49. The van der Waals surface area contributed by atoms with Crippen molar-refractivity contribution in [3.63, 3.8) is 0 Å². The highest BCUT2D eigenvalue weighted by Gasteiger charge is 2.32. The van der Waals surface area contributed by atoms with Crippen molar-refractivity contribution in [3.05, 3.63) is 29.8 Å². The van der Waals surface area contributed by atoms with E-state index in [2.05, 4.69) is 5.32 Å². The van der Waals surface area contributed by atoms with Crippen LogP contribution in [0.4, 0.5) is 5.69 Å². The maximum absolute atomic E-state index is 12.3. The monoisotopic (exact) mass is 316 g/mol. The van der Waals surface area contributed by atoms with E-state index in [0.717, 1.165) is 31.4 Å². The fourth-order valence-corrected chi connectivity index (χ4v) is 3.22. The van der Waals surface area contributed by atoms with Crippen molar-refractivity contribution < 1.29 is 14.3 Å². The Kier molecular flexibility index (Phi) is 4.96. The maximum Gasteiger partial charge on any atom is 0.251 e. The first-order valence-electron chi connectivity index (χ1n) is 8.41. The van der Waals surface area contributed by atoms with Crippen molar-refractivity contribution in [2.24, 2.45) is 5.92 Å². The van der Waals surface area contributed by atoms with Crippen LogP contribution in [0.15, 0.2) is 24.3 Å². The summed E-state index contributed by atoms with van der Waals surface area (Å²) in [5.74, 6) is 0.128. The molecule has 0 aliphatic carbocycles. The number of carbonyl (C=O) groups is 2.